The van der Waals surface area contributed by atoms with E-state index in [9.17, 15) is 9.90 Å². The summed E-state index contributed by atoms with van der Waals surface area (Å²) in [5.74, 6) is -0.231. The molecule has 0 saturated heterocycles. The van der Waals surface area contributed by atoms with E-state index in [-0.39, 0.29) is 17.6 Å². The number of anilines is 1. The molecule has 4 N–H and O–H groups in total. The molecule has 0 spiro atoms. The number of carbonyl (C=O) groups excluding carboxylic acids is 1. The summed E-state index contributed by atoms with van der Waals surface area (Å²) in [5, 5.41) is 12.1. The van der Waals surface area contributed by atoms with Crippen molar-refractivity contribution in [3.63, 3.8) is 0 Å². The Morgan fingerprint density at radius 1 is 1.50 bits per heavy atom. The number of phenols is 1. The topological polar surface area (TPSA) is 75.4 Å². The van der Waals surface area contributed by atoms with Crippen molar-refractivity contribution >= 4 is 27.5 Å². The smallest absolute Gasteiger partial charge is 0.241 e. The molecule has 1 aromatic rings. The van der Waals surface area contributed by atoms with Crippen LogP contribution in [0.25, 0.3) is 0 Å². The zero-order chi connectivity index (χ0) is 12.3. The Kier molecular flexibility index (Phi) is 4.32. The SMILES string of the molecule is CC(C)C(N)C(=O)Nc1cc(Br)ccc1O. The molecule has 1 unspecified atom stereocenters. The Labute approximate surface area is 103 Å². The average Bonchev–Trinajstić information content (AvgIpc) is 2.22. The summed E-state index contributed by atoms with van der Waals surface area (Å²) in [6.45, 7) is 3.73. The highest BCUT2D eigenvalue weighted by Crippen LogP contribution is 2.26. The van der Waals surface area contributed by atoms with Crippen molar-refractivity contribution in [3.8, 4) is 5.75 Å². The first-order valence-electron chi connectivity index (χ1n) is 4.96. The minimum absolute atomic E-state index is 0.0208. The lowest BCUT2D eigenvalue weighted by molar-refractivity contribution is -0.118. The fourth-order valence-electron chi connectivity index (χ4n) is 1.13. The van der Waals surface area contributed by atoms with Crippen molar-refractivity contribution in [3.05, 3.63) is 22.7 Å². The molecule has 4 nitrogen and oxygen atoms in total. The van der Waals surface area contributed by atoms with Crippen molar-refractivity contribution < 1.29 is 9.90 Å². The van der Waals surface area contributed by atoms with Crippen molar-refractivity contribution in [2.24, 2.45) is 11.7 Å². The molecule has 1 aromatic carbocycles. The average molecular weight is 287 g/mol. The van der Waals surface area contributed by atoms with Gasteiger partial charge in [0.2, 0.25) is 5.91 Å². The summed E-state index contributed by atoms with van der Waals surface area (Å²) in [6, 6.07) is 4.23. The van der Waals surface area contributed by atoms with Gasteiger partial charge in [-0.05, 0) is 24.1 Å². The molecular formula is C11H15BrN2O2. The third kappa shape index (κ3) is 3.21. The summed E-state index contributed by atoms with van der Waals surface area (Å²) >= 11 is 3.26. The zero-order valence-corrected chi connectivity index (χ0v) is 10.8. The number of aromatic hydroxyl groups is 1. The molecule has 0 aliphatic carbocycles. The van der Waals surface area contributed by atoms with Gasteiger partial charge in [-0.15, -0.1) is 0 Å². The Morgan fingerprint density at radius 2 is 2.12 bits per heavy atom. The van der Waals surface area contributed by atoms with Gasteiger partial charge in [0, 0.05) is 4.47 Å². The van der Waals surface area contributed by atoms with Crippen molar-refractivity contribution in [1.29, 1.82) is 0 Å². The number of benzene rings is 1. The Hall–Kier alpha value is -1.07. The van der Waals surface area contributed by atoms with Crippen LogP contribution >= 0.6 is 15.9 Å². The number of halogens is 1. The number of carbonyl (C=O) groups is 1. The van der Waals surface area contributed by atoms with E-state index in [1.54, 1.807) is 12.1 Å². The highest BCUT2D eigenvalue weighted by atomic mass is 79.9. The standard InChI is InChI=1S/C11H15BrN2O2/c1-6(2)10(13)11(16)14-8-5-7(12)3-4-9(8)15/h3-6,10,15H,13H2,1-2H3,(H,14,16). The zero-order valence-electron chi connectivity index (χ0n) is 9.20. The van der Waals surface area contributed by atoms with Crippen LogP contribution in [0.15, 0.2) is 22.7 Å². The molecule has 1 atom stereocenters. The second-order valence-corrected chi connectivity index (χ2v) is 4.84. The molecule has 1 rings (SSSR count). The molecule has 88 valence electrons. The monoisotopic (exact) mass is 286 g/mol. The molecule has 5 heteroatoms. The van der Waals surface area contributed by atoms with Crippen LogP contribution in [-0.4, -0.2) is 17.1 Å². The van der Waals surface area contributed by atoms with E-state index in [2.05, 4.69) is 21.2 Å². The van der Waals surface area contributed by atoms with E-state index in [1.165, 1.54) is 6.07 Å². The van der Waals surface area contributed by atoms with Gasteiger partial charge in [0.1, 0.15) is 5.75 Å². The maximum Gasteiger partial charge on any atom is 0.241 e. The molecule has 0 heterocycles. The molecule has 0 aliphatic rings. The predicted octanol–water partition coefficient (Wildman–Crippen LogP) is 2.08. The molecule has 0 fully saturated rings. The summed E-state index contributed by atoms with van der Waals surface area (Å²) in [6.07, 6.45) is 0. The van der Waals surface area contributed by atoms with Gasteiger partial charge in [0.15, 0.2) is 0 Å². The maximum absolute atomic E-state index is 11.7. The minimum atomic E-state index is -0.585. The highest BCUT2D eigenvalue weighted by Gasteiger charge is 2.18. The van der Waals surface area contributed by atoms with Gasteiger partial charge in [0.25, 0.3) is 0 Å². The van der Waals surface area contributed by atoms with Gasteiger partial charge >= 0.3 is 0 Å². The third-order valence-electron chi connectivity index (χ3n) is 2.24. The van der Waals surface area contributed by atoms with E-state index in [4.69, 9.17) is 5.73 Å². The lowest BCUT2D eigenvalue weighted by Gasteiger charge is -2.16. The molecular weight excluding hydrogens is 272 g/mol. The second kappa shape index (κ2) is 5.32. The van der Waals surface area contributed by atoms with Crippen LogP contribution in [0.2, 0.25) is 0 Å². The second-order valence-electron chi connectivity index (χ2n) is 3.92. The number of phenolic OH excluding ortho intramolecular Hbond substituents is 1. The first-order chi connectivity index (χ1) is 7.41. The minimum Gasteiger partial charge on any atom is -0.506 e. The quantitative estimate of drug-likeness (QED) is 0.745. The van der Waals surface area contributed by atoms with Crippen LogP contribution in [0.4, 0.5) is 5.69 Å². The van der Waals surface area contributed by atoms with Crippen molar-refractivity contribution in [2.45, 2.75) is 19.9 Å². The number of hydrogen-bond acceptors (Lipinski definition) is 3. The summed E-state index contributed by atoms with van der Waals surface area (Å²) < 4.78 is 0.777. The Bertz CT molecular complexity index is 394. The van der Waals surface area contributed by atoms with Gasteiger partial charge < -0.3 is 16.2 Å². The van der Waals surface area contributed by atoms with Gasteiger partial charge in [0.05, 0.1) is 11.7 Å². The molecule has 0 saturated carbocycles. The van der Waals surface area contributed by atoms with Gasteiger partial charge in [-0.1, -0.05) is 29.8 Å². The molecule has 0 bridgehead atoms. The van der Waals surface area contributed by atoms with Gasteiger partial charge in [-0.3, -0.25) is 4.79 Å². The van der Waals surface area contributed by atoms with E-state index >= 15 is 0 Å². The fraction of sp³-hybridized carbons (Fsp3) is 0.364. The van der Waals surface area contributed by atoms with E-state index in [1.807, 2.05) is 13.8 Å². The normalized spacial score (nSPS) is 12.6. The first kappa shape index (κ1) is 13.0. The number of rotatable bonds is 3. The van der Waals surface area contributed by atoms with Gasteiger partial charge in [-0.25, -0.2) is 0 Å². The van der Waals surface area contributed by atoms with Crippen LogP contribution in [-0.2, 0) is 4.79 Å². The largest absolute Gasteiger partial charge is 0.506 e. The number of amides is 1. The third-order valence-corrected chi connectivity index (χ3v) is 2.73. The number of hydrogen-bond donors (Lipinski definition) is 3. The molecule has 0 aromatic heterocycles. The lowest BCUT2D eigenvalue weighted by atomic mass is 10.0. The van der Waals surface area contributed by atoms with Crippen molar-refractivity contribution in [1.82, 2.24) is 0 Å². The molecule has 1 amide bonds. The fourth-order valence-corrected chi connectivity index (χ4v) is 1.49. The molecule has 16 heavy (non-hydrogen) atoms. The summed E-state index contributed by atoms with van der Waals surface area (Å²) in [5.41, 5.74) is 6.05. The lowest BCUT2D eigenvalue weighted by Crippen LogP contribution is -2.39. The molecule has 0 radical (unpaired) electrons. The van der Waals surface area contributed by atoms with Crippen LogP contribution in [0.5, 0.6) is 5.75 Å². The van der Waals surface area contributed by atoms with Crippen LogP contribution in [0.1, 0.15) is 13.8 Å². The highest BCUT2D eigenvalue weighted by molar-refractivity contribution is 9.10. The van der Waals surface area contributed by atoms with E-state index in [0.717, 1.165) is 4.47 Å². The number of nitrogens with two attached hydrogens (primary N) is 1. The van der Waals surface area contributed by atoms with Gasteiger partial charge in [-0.2, -0.15) is 0 Å². The Balaban J connectivity index is 2.80. The van der Waals surface area contributed by atoms with Crippen molar-refractivity contribution in [2.75, 3.05) is 5.32 Å². The maximum atomic E-state index is 11.7. The summed E-state index contributed by atoms with van der Waals surface area (Å²) in [4.78, 5) is 11.7. The first-order valence-corrected chi connectivity index (χ1v) is 5.76. The predicted molar refractivity (Wildman–Crippen MR) is 67.2 cm³/mol. The van der Waals surface area contributed by atoms with E-state index < -0.39 is 6.04 Å². The van der Waals surface area contributed by atoms with Crippen LogP contribution in [0, 0.1) is 5.92 Å². The Morgan fingerprint density at radius 3 is 2.69 bits per heavy atom. The van der Waals surface area contributed by atoms with Crippen LogP contribution < -0.4 is 11.1 Å². The van der Waals surface area contributed by atoms with E-state index in [0.29, 0.717) is 5.69 Å². The molecule has 0 aliphatic heterocycles. The summed E-state index contributed by atoms with van der Waals surface area (Å²) in [7, 11) is 0. The van der Waals surface area contributed by atoms with Crippen LogP contribution in [0.3, 0.4) is 0 Å². The number of nitrogens with one attached hydrogen (secondary N) is 1.